The van der Waals surface area contributed by atoms with Crippen LogP contribution in [-0.2, 0) is 9.59 Å². The number of unbranched alkanes of at least 4 members (excludes halogenated alkanes) is 22. The molecule has 0 atom stereocenters. The minimum absolute atomic E-state index is 0.490. The van der Waals surface area contributed by atoms with Gasteiger partial charge in [-0.25, -0.2) is 0 Å². The zero-order valence-electron chi connectivity index (χ0n) is 31.0. The van der Waals surface area contributed by atoms with Crippen molar-refractivity contribution in [2.24, 2.45) is 10.8 Å². The van der Waals surface area contributed by atoms with Crippen LogP contribution in [0.25, 0.3) is 0 Å². The van der Waals surface area contributed by atoms with Gasteiger partial charge in [-0.05, 0) is 38.5 Å². The fourth-order valence-corrected chi connectivity index (χ4v) is 7.47. The lowest BCUT2D eigenvalue weighted by Crippen LogP contribution is -2.31. The van der Waals surface area contributed by atoms with Crippen molar-refractivity contribution in [2.75, 3.05) is 0 Å². The summed E-state index contributed by atoms with van der Waals surface area (Å²) < 4.78 is 0. The van der Waals surface area contributed by atoms with Crippen molar-refractivity contribution in [1.29, 1.82) is 0 Å². The second kappa shape index (κ2) is 30.3. The van der Waals surface area contributed by atoms with Gasteiger partial charge in [-0.2, -0.15) is 0 Å². The Bertz CT molecular complexity index is 592. The molecule has 4 heteroatoms. The van der Waals surface area contributed by atoms with Crippen LogP contribution in [-0.4, -0.2) is 22.2 Å². The van der Waals surface area contributed by atoms with E-state index >= 15 is 0 Å². The molecule has 0 heterocycles. The molecule has 0 spiro atoms. The summed E-state index contributed by atoms with van der Waals surface area (Å²) >= 11 is 0. The van der Waals surface area contributed by atoms with Gasteiger partial charge in [0.1, 0.15) is 0 Å². The number of hydrogen-bond acceptors (Lipinski definition) is 2. The maximum Gasteiger partial charge on any atom is 0.309 e. The van der Waals surface area contributed by atoms with Crippen LogP contribution in [0.2, 0.25) is 0 Å². The second-order valence-electron chi connectivity index (χ2n) is 14.8. The van der Waals surface area contributed by atoms with Gasteiger partial charge in [0, 0.05) is 0 Å². The molecule has 0 aliphatic rings. The molecule has 0 radical (unpaired) electrons. The second-order valence-corrected chi connectivity index (χ2v) is 14.8. The Kier molecular flexibility index (Phi) is 29.6. The molecule has 0 unspecified atom stereocenters. The number of hydrogen-bond donors (Lipinski definition) is 2. The Morgan fingerprint density at radius 1 is 0.311 bits per heavy atom. The molecule has 0 aromatic carbocycles. The predicted molar refractivity (Wildman–Crippen MR) is 195 cm³/mol. The Morgan fingerprint density at radius 3 is 0.622 bits per heavy atom. The van der Waals surface area contributed by atoms with Crippen molar-refractivity contribution in [1.82, 2.24) is 0 Å². The van der Waals surface area contributed by atoms with Gasteiger partial charge in [0.15, 0.2) is 0 Å². The first-order chi connectivity index (χ1) is 21.8. The molecular formula is C41H80O4. The van der Waals surface area contributed by atoms with Crippen molar-refractivity contribution < 1.29 is 19.8 Å². The van der Waals surface area contributed by atoms with E-state index in [2.05, 4.69) is 27.7 Å². The lowest BCUT2D eigenvalue weighted by Gasteiger charge is -2.30. The standard InChI is InChI=1S/C41H80O4/c1-5-9-13-26-32-40(38(42)43,33-27-14-10-6-2)36-30-24-22-20-18-17-19-21-23-25-31-37-41(39(44)45,34-28-15-11-7-3)35-29-16-12-8-4/h5-37H2,1-4H3,(H,42,43)(H,44,45). The molecule has 4 nitrogen and oxygen atoms in total. The average molecular weight is 637 g/mol. The Balaban J connectivity index is 4.31. The third-order valence-corrected chi connectivity index (χ3v) is 10.8. The van der Waals surface area contributed by atoms with E-state index in [0.717, 1.165) is 77.0 Å². The molecule has 45 heavy (non-hydrogen) atoms. The first-order valence-electron chi connectivity index (χ1n) is 20.3. The molecule has 0 aromatic heterocycles. The molecule has 2 N–H and O–H groups in total. The monoisotopic (exact) mass is 637 g/mol. The van der Waals surface area contributed by atoms with Gasteiger partial charge >= 0.3 is 11.9 Å². The zero-order chi connectivity index (χ0) is 33.5. The van der Waals surface area contributed by atoms with Crippen LogP contribution in [0, 0.1) is 10.8 Å². The molecule has 0 amide bonds. The minimum Gasteiger partial charge on any atom is -0.481 e. The van der Waals surface area contributed by atoms with Gasteiger partial charge in [0.2, 0.25) is 0 Å². The number of carboxylic acids is 2. The molecule has 0 aromatic rings. The van der Waals surface area contributed by atoms with Gasteiger partial charge in [0.25, 0.3) is 0 Å². The van der Waals surface area contributed by atoms with Crippen LogP contribution >= 0.6 is 0 Å². The van der Waals surface area contributed by atoms with Crippen LogP contribution in [0.15, 0.2) is 0 Å². The summed E-state index contributed by atoms with van der Waals surface area (Å²) in [6, 6.07) is 0. The lowest BCUT2D eigenvalue weighted by molar-refractivity contribution is -0.151. The van der Waals surface area contributed by atoms with Gasteiger partial charge in [0.05, 0.1) is 10.8 Å². The van der Waals surface area contributed by atoms with Crippen LogP contribution < -0.4 is 0 Å². The third kappa shape index (κ3) is 22.2. The largest absolute Gasteiger partial charge is 0.481 e. The topological polar surface area (TPSA) is 74.6 Å². The molecule has 0 saturated heterocycles. The van der Waals surface area contributed by atoms with Crippen molar-refractivity contribution in [3.8, 4) is 0 Å². The normalized spacial score (nSPS) is 12.2. The highest BCUT2D eigenvalue weighted by molar-refractivity contribution is 5.75. The van der Waals surface area contributed by atoms with E-state index in [9.17, 15) is 19.8 Å². The highest BCUT2D eigenvalue weighted by Gasteiger charge is 2.37. The van der Waals surface area contributed by atoms with Gasteiger partial charge < -0.3 is 10.2 Å². The van der Waals surface area contributed by atoms with E-state index < -0.39 is 22.8 Å². The first kappa shape index (κ1) is 43.9. The molecule has 0 aliphatic carbocycles. The van der Waals surface area contributed by atoms with Crippen molar-refractivity contribution in [2.45, 2.75) is 240 Å². The maximum absolute atomic E-state index is 12.5. The molecule has 268 valence electrons. The summed E-state index contributed by atoms with van der Waals surface area (Å²) in [6.45, 7) is 8.87. The number of carboxylic acid groups (broad SMARTS) is 2. The molecule has 0 bridgehead atoms. The van der Waals surface area contributed by atoms with Gasteiger partial charge in [-0.1, -0.05) is 201 Å². The van der Waals surface area contributed by atoms with Crippen LogP contribution in [0.4, 0.5) is 0 Å². The van der Waals surface area contributed by atoms with Crippen molar-refractivity contribution in [3.05, 3.63) is 0 Å². The number of aliphatic carboxylic acids is 2. The van der Waals surface area contributed by atoms with Crippen molar-refractivity contribution >= 4 is 11.9 Å². The third-order valence-electron chi connectivity index (χ3n) is 10.8. The molecule has 0 saturated carbocycles. The van der Waals surface area contributed by atoms with E-state index in [4.69, 9.17) is 0 Å². The molecular weight excluding hydrogens is 556 g/mol. The quantitative estimate of drug-likeness (QED) is 0.0671. The highest BCUT2D eigenvalue weighted by atomic mass is 16.4. The predicted octanol–water partition coefficient (Wildman–Crippen LogP) is 14.1. The molecule has 0 rings (SSSR count). The summed E-state index contributed by atoms with van der Waals surface area (Å²) in [7, 11) is 0. The van der Waals surface area contributed by atoms with Crippen LogP contribution in [0.5, 0.6) is 0 Å². The van der Waals surface area contributed by atoms with E-state index in [0.29, 0.717) is 0 Å². The van der Waals surface area contributed by atoms with Gasteiger partial charge in [-0.15, -0.1) is 0 Å². The average Bonchev–Trinajstić information content (AvgIpc) is 3.02. The summed E-state index contributed by atoms with van der Waals surface area (Å²) in [5.74, 6) is -1.08. The summed E-state index contributed by atoms with van der Waals surface area (Å²) in [6.07, 6.45) is 37.1. The van der Waals surface area contributed by atoms with Crippen LogP contribution in [0.3, 0.4) is 0 Å². The van der Waals surface area contributed by atoms with Gasteiger partial charge in [-0.3, -0.25) is 9.59 Å². The summed E-state index contributed by atoms with van der Waals surface area (Å²) in [5.41, 5.74) is -0.981. The fourth-order valence-electron chi connectivity index (χ4n) is 7.47. The lowest BCUT2D eigenvalue weighted by atomic mass is 9.74. The Labute approximate surface area is 281 Å². The fraction of sp³-hybridized carbons (Fsp3) is 0.951. The van der Waals surface area contributed by atoms with Crippen molar-refractivity contribution in [3.63, 3.8) is 0 Å². The molecule has 0 aliphatic heterocycles. The minimum atomic E-state index is -0.539. The summed E-state index contributed by atoms with van der Waals surface area (Å²) in [5, 5.41) is 20.5. The smallest absolute Gasteiger partial charge is 0.309 e. The molecule has 0 fully saturated rings. The zero-order valence-corrected chi connectivity index (χ0v) is 31.0. The SMILES string of the molecule is CCCCCCC(CCCCCC)(CCCCCCCCCCCCCC(CCCCCC)(CCCCCC)C(=O)O)C(=O)O. The van der Waals surface area contributed by atoms with E-state index in [1.807, 2.05) is 0 Å². The first-order valence-corrected chi connectivity index (χ1v) is 20.3. The maximum atomic E-state index is 12.5. The Hall–Kier alpha value is -1.06. The number of rotatable bonds is 36. The summed E-state index contributed by atoms with van der Waals surface area (Å²) in [4.78, 5) is 24.9. The van der Waals surface area contributed by atoms with Crippen LogP contribution in [0.1, 0.15) is 240 Å². The van der Waals surface area contributed by atoms with E-state index in [1.165, 1.54) is 135 Å². The van der Waals surface area contributed by atoms with E-state index in [1.54, 1.807) is 0 Å². The van der Waals surface area contributed by atoms with E-state index in [-0.39, 0.29) is 0 Å². The highest BCUT2D eigenvalue weighted by Crippen LogP contribution is 2.39. The number of carbonyl (C=O) groups is 2. The Morgan fingerprint density at radius 2 is 0.467 bits per heavy atom.